The standard InChI is InChI=1S/C19H22F4N6O2/c1-3-25-16-12(19(21,22)23)10-26-18(28-16)27-14-9-13(20)11(8-15(14)31-2)17(30)29-6-4-24-5-7-29/h8-10,24H,3-7H2,1-2H3,(H2,25,26,27,28)/p+1. The van der Waals surface area contributed by atoms with Gasteiger partial charge in [0.2, 0.25) is 5.95 Å². The van der Waals surface area contributed by atoms with Crippen LogP contribution in [0, 0.1) is 5.82 Å². The molecule has 0 atom stereocenters. The van der Waals surface area contributed by atoms with Crippen molar-refractivity contribution in [3.05, 3.63) is 35.3 Å². The number of aromatic nitrogens is 2. The van der Waals surface area contributed by atoms with Crippen LogP contribution in [-0.4, -0.2) is 60.6 Å². The molecule has 31 heavy (non-hydrogen) atoms. The fourth-order valence-corrected chi connectivity index (χ4v) is 3.18. The highest BCUT2D eigenvalue weighted by molar-refractivity contribution is 5.95. The zero-order chi connectivity index (χ0) is 22.6. The van der Waals surface area contributed by atoms with E-state index in [-0.39, 0.29) is 29.5 Å². The maximum absolute atomic E-state index is 14.7. The molecular weight excluding hydrogens is 420 g/mol. The first-order chi connectivity index (χ1) is 14.7. The highest BCUT2D eigenvalue weighted by Crippen LogP contribution is 2.35. The summed E-state index contributed by atoms with van der Waals surface area (Å²) in [4.78, 5) is 21.8. The molecule has 1 aromatic heterocycles. The van der Waals surface area contributed by atoms with Crippen LogP contribution in [0.25, 0.3) is 0 Å². The van der Waals surface area contributed by atoms with E-state index >= 15 is 0 Å². The first-order valence-electron chi connectivity index (χ1n) is 9.68. The molecule has 1 aromatic carbocycles. The lowest BCUT2D eigenvalue weighted by atomic mass is 10.1. The zero-order valence-corrected chi connectivity index (χ0v) is 17.0. The summed E-state index contributed by atoms with van der Waals surface area (Å²) in [6.07, 6.45) is -3.99. The number of hydrogen-bond donors (Lipinski definition) is 3. The summed E-state index contributed by atoms with van der Waals surface area (Å²) < 4.78 is 59.4. The molecule has 0 saturated carbocycles. The van der Waals surface area contributed by atoms with Gasteiger partial charge >= 0.3 is 6.18 Å². The van der Waals surface area contributed by atoms with Gasteiger partial charge in [-0.2, -0.15) is 18.2 Å². The van der Waals surface area contributed by atoms with E-state index in [2.05, 4.69) is 25.9 Å². The number of amides is 1. The molecule has 0 radical (unpaired) electrons. The average molecular weight is 443 g/mol. The van der Waals surface area contributed by atoms with E-state index in [0.717, 1.165) is 19.2 Å². The van der Waals surface area contributed by atoms with Crippen molar-refractivity contribution >= 4 is 23.4 Å². The number of anilines is 3. The molecular formula is C19H23F4N6O2+. The maximum atomic E-state index is 14.7. The van der Waals surface area contributed by atoms with E-state index in [4.69, 9.17) is 4.74 Å². The number of nitrogens with two attached hydrogens (primary N) is 1. The Bertz CT molecular complexity index is 948. The molecule has 0 spiro atoms. The number of nitrogens with zero attached hydrogens (tertiary/aromatic N) is 3. The summed E-state index contributed by atoms with van der Waals surface area (Å²) in [7, 11) is 1.33. The molecule has 1 saturated heterocycles. The Labute approximate surface area is 176 Å². The number of ether oxygens (including phenoxy) is 1. The van der Waals surface area contributed by atoms with E-state index in [1.807, 2.05) is 0 Å². The maximum Gasteiger partial charge on any atom is 0.421 e. The lowest BCUT2D eigenvalue weighted by molar-refractivity contribution is -0.661. The molecule has 1 fully saturated rings. The average Bonchev–Trinajstić information content (AvgIpc) is 2.74. The normalized spacial score (nSPS) is 14.3. The largest absolute Gasteiger partial charge is 0.495 e. The Balaban J connectivity index is 1.90. The number of carbonyl (C=O) groups is 1. The number of piperazine rings is 1. The summed E-state index contributed by atoms with van der Waals surface area (Å²) >= 11 is 0. The van der Waals surface area contributed by atoms with Crippen molar-refractivity contribution < 1.29 is 32.4 Å². The fraction of sp³-hybridized carbons (Fsp3) is 0.421. The molecule has 0 unspecified atom stereocenters. The lowest BCUT2D eigenvalue weighted by Gasteiger charge is -2.25. The Kier molecular flexibility index (Phi) is 6.78. The molecule has 1 aliphatic heterocycles. The second-order valence-corrected chi connectivity index (χ2v) is 6.80. The van der Waals surface area contributed by atoms with E-state index in [0.29, 0.717) is 19.3 Å². The van der Waals surface area contributed by atoms with Gasteiger partial charge in [-0.3, -0.25) is 4.79 Å². The number of carbonyl (C=O) groups excluding carboxylic acids is 1. The van der Waals surface area contributed by atoms with Crippen LogP contribution in [0.5, 0.6) is 5.75 Å². The lowest BCUT2D eigenvalue weighted by Crippen LogP contribution is -2.89. The number of alkyl halides is 3. The number of benzene rings is 1. The van der Waals surface area contributed by atoms with Gasteiger partial charge in [-0.15, -0.1) is 0 Å². The fourth-order valence-electron chi connectivity index (χ4n) is 3.18. The molecule has 8 nitrogen and oxygen atoms in total. The molecule has 1 amide bonds. The van der Waals surface area contributed by atoms with Gasteiger partial charge in [0.05, 0.1) is 44.5 Å². The number of methoxy groups -OCH3 is 1. The van der Waals surface area contributed by atoms with Crippen LogP contribution in [0.3, 0.4) is 0 Å². The minimum Gasteiger partial charge on any atom is -0.495 e. The second kappa shape index (κ2) is 9.33. The van der Waals surface area contributed by atoms with Gasteiger partial charge < -0.3 is 25.6 Å². The molecule has 168 valence electrons. The van der Waals surface area contributed by atoms with E-state index in [1.165, 1.54) is 13.2 Å². The number of quaternary nitrogens is 1. The van der Waals surface area contributed by atoms with Crippen LogP contribution in [0.4, 0.5) is 35.0 Å². The summed E-state index contributed by atoms with van der Waals surface area (Å²) in [5, 5.41) is 7.27. The molecule has 12 heteroatoms. The monoisotopic (exact) mass is 443 g/mol. The van der Waals surface area contributed by atoms with Gasteiger partial charge in [0.25, 0.3) is 5.91 Å². The van der Waals surface area contributed by atoms with Crippen LogP contribution >= 0.6 is 0 Å². The van der Waals surface area contributed by atoms with Gasteiger partial charge in [-0.1, -0.05) is 0 Å². The third kappa shape index (κ3) is 5.13. The van der Waals surface area contributed by atoms with Gasteiger partial charge in [0.1, 0.15) is 22.9 Å². The van der Waals surface area contributed by atoms with Crippen molar-refractivity contribution in [1.82, 2.24) is 14.9 Å². The second-order valence-electron chi connectivity index (χ2n) is 6.80. The van der Waals surface area contributed by atoms with Gasteiger partial charge in [0, 0.05) is 18.8 Å². The van der Waals surface area contributed by atoms with Crippen molar-refractivity contribution in [2.75, 3.05) is 50.5 Å². The van der Waals surface area contributed by atoms with E-state index < -0.39 is 29.3 Å². The third-order valence-electron chi connectivity index (χ3n) is 4.70. The van der Waals surface area contributed by atoms with E-state index in [1.54, 1.807) is 11.8 Å². The highest BCUT2D eigenvalue weighted by atomic mass is 19.4. The van der Waals surface area contributed by atoms with Crippen LogP contribution in [0.1, 0.15) is 22.8 Å². The zero-order valence-electron chi connectivity index (χ0n) is 17.0. The molecule has 2 heterocycles. The number of rotatable bonds is 6. The summed E-state index contributed by atoms with van der Waals surface area (Å²) in [5.74, 6) is -1.70. The topological polar surface area (TPSA) is 96.0 Å². The molecule has 0 bridgehead atoms. The molecule has 3 rings (SSSR count). The highest BCUT2D eigenvalue weighted by Gasteiger charge is 2.35. The van der Waals surface area contributed by atoms with Crippen molar-refractivity contribution in [2.24, 2.45) is 0 Å². The minimum absolute atomic E-state index is 0.0748. The van der Waals surface area contributed by atoms with Crippen molar-refractivity contribution in [1.29, 1.82) is 0 Å². The van der Waals surface area contributed by atoms with Crippen molar-refractivity contribution in [3.63, 3.8) is 0 Å². The van der Waals surface area contributed by atoms with Crippen LogP contribution in [0.2, 0.25) is 0 Å². The van der Waals surface area contributed by atoms with E-state index in [9.17, 15) is 22.4 Å². The quantitative estimate of drug-likeness (QED) is 0.590. The first-order valence-corrected chi connectivity index (χ1v) is 9.68. The Morgan fingerprint density at radius 3 is 2.61 bits per heavy atom. The van der Waals surface area contributed by atoms with Crippen LogP contribution < -0.4 is 20.7 Å². The molecule has 4 N–H and O–H groups in total. The molecule has 1 aliphatic rings. The first kappa shape index (κ1) is 22.5. The smallest absolute Gasteiger partial charge is 0.421 e. The minimum atomic E-state index is -4.63. The molecule has 0 aliphatic carbocycles. The van der Waals surface area contributed by atoms with Gasteiger partial charge in [-0.25, -0.2) is 9.37 Å². The van der Waals surface area contributed by atoms with Gasteiger partial charge in [0.15, 0.2) is 0 Å². The van der Waals surface area contributed by atoms with Crippen molar-refractivity contribution in [2.45, 2.75) is 13.1 Å². The number of nitrogens with one attached hydrogen (secondary N) is 2. The predicted octanol–water partition coefficient (Wildman–Crippen LogP) is 1.84. The molecule has 2 aromatic rings. The van der Waals surface area contributed by atoms with Crippen LogP contribution in [0.15, 0.2) is 18.3 Å². The number of hydrogen-bond acceptors (Lipinski definition) is 6. The third-order valence-corrected chi connectivity index (χ3v) is 4.70. The Hall–Kier alpha value is -3.15. The summed E-state index contributed by atoms with van der Waals surface area (Å²) in [5.41, 5.74) is -1.09. The van der Waals surface area contributed by atoms with Gasteiger partial charge in [-0.05, 0) is 13.0 Å². The Morgan fingerprint density at radius 2 is 2.00 bits per heavy atom. The summed E-state index contributed by atoms with van der Waals surface area (Å²) in [6, 6.07) is 2.30. The predicted molar refractivity (Wildman–Crippen MR) is 105 cm³/mol. The van der Waals surface area contributed by atoms with Crippen LogP contribution in [-0.2, 0) is 6.18 Å². The summed E-state index contributed by atoms with van der Waals surface area (Å²) in [6.45, 7) is 4.33. The SMILES string of the molecule is CCNc1nc(Nc2cc(F)c(C(=O)N3CC[NH2+]CC3)cc2OC)ncc1C(F)(F)F. The number of halogens is 4. The van der Waals surface area contributed by atoms with Crippen molar-refractivity contribution in [3.8, 4) is 5.75 Å². The Morgan fingerprint density at radius 1 is 1.29 bits per heavy atom.